The van der Waals surface area contributed by atoms with Crippen molar-refractivity contribution >= 4 is 22.3 Å². The summed E-state index contributed by atoms with van der Waals surface area (Å²) in [4.78, 5) is 16.5. The standard InChI is InChI=1S/C13H14N2OS/c1-8-4-5-9(2)10(6-8)12(16)11-7-17-13(14-3)15-11/h4-7H,1-3H3,(H,14,15). The molecule has 1 aromatic carbocycles. The lowest BCUT2D eigenvalue weighted by Crippen LogP contribution is -2.04. The van der Waals surface area contributed by atoms with Crippen LogP contribution in [0, 0.1) is 13.8 Å². The number of nitrogens with one attached hydrogen (secondary N) is 1. The normalized spacial score (nSPS) is 10.3. The van der Waals surface area contributed by atoms with E-state index in [0.29, 0.717) is 5.69 Å². The molecule has 0 aliphatic rings. The van der Waals surface area contributed by atoms with Crippen molar-refractivity contribution < 1.29 is 4.79 Å². The first-order valence-corrected chi connectivity index (χ1v) is 6.25. The number of hydrogen-bond donors (Lipinski definition) is 1. The van der Waals surface area contributed by atoms with Crippen LogP contribution in [0.4, 0.5) is 5.13 Å². The first-order valence-electron chi connectivity index (χ1n) is 5.37. The molecule has 0 saturated heterocycles. The van der Waals surface area contributed by atoms with Crippen molar-refractivity contribution in [2.75, 3.05) is 12.4 Å². The van der Waals surface area contributed by atoms with Crippen LogP contribution in [0.3, 0.4) is 0 Å². The Bertz CT molecular complexity index is 560. The van der Waals surface area contributed by atoms with Crippen molar-refractivity contribution in [3.63, 3.8) is 0 Å². The Morgan fingerprint density at radius 1 is 1.35 bits per heavy atom. The van der Waals surface area contributed by atoms with E-state index in [1.165, 1.54) is 11.3 Å². The molecule has 4 heteroatoms. The molecule has 0 aliphatic carbocycles. The van der Waals surface area contributed by atoms with E-state index in [1.807, 2.05) is 32.0 Å². The van der Waals surface area contributed by atoms with Gasteiger partial charge in [-0.05, 0) is 25.5 Å². The fourth-order valence-electron chi connectivity index (χ4n) is 1.61. The van der Waals surface area contributed by atoms with Gasteiger partial charge in [0.1, 0.15) is 5.69 Å². The zero-order valence-electron chi connectivity index (χ0n) is 10.1. The van der Waals surface area contributed by atoms with E-state index in [0.717, 1.165) is 21.8 Å². The first-order chi connectivity index (χ1) is 8.11. The van der Waals surface area contributed by atoms with Gasteiger partial charge < -0.3 is 5.32 Å². The maximum absolute atomic E-state index is 12.3. The third-order valence-electron chi connectivity index (χ3n) is 2.59. The number of hydrogen-bond acceptors (Lipinski definition) is 4. The van der Waals surface area contributed by atoms with Crippen LogP contribution in [0.1, 0.15) is 27.2 Å². The lowest BCUT2D eigenvalue weighted by molar-refractivity contribution is 0.103. The minimum Gasteiger partial charge on any atom is -0.365 e. The summed E-state index contributed by atoms with van der Waals surface area (Å²) in [6.07, 6.45) is 0. The highest BCUT2D eigenvalue weighted by Gasteiger charge is 2.15. The Morgan fingerprint density at radius 3 is 2.76 bits per heavy atom. The number of rotatable bonds is 3. The van der Waals surface area contributed by atoms with Gasteiger partial charge in [-0.15, -0.1) is 11.3 Å². The second kappa shape index (κ2) is 4.67. The van der Waals surface area contributed by atoms with Gasteiger partial charge in [-0.1, -0.05) is 17.7 Å². The molecule has 2 aromatic rings. The van der Waals surface area contributed by atoms with E-state index in [1.54, 1.807) is 12.4 Å². The van der Waals surface area contributed by atoms with Gasteiger partial charge in [-0.3, -0.25) is 4.79 Å². The molecule has 2 rings (SSSR count). The summed E-state index contributed by atoms with van der Waals surface area (Å²) < 4.78 is 0. The third kappa shape index (κ3) is 2.36. The number of benzene rings is 1. The van der Waals surface area contributed by atoms with Gasteiger partial charge >= 0.3 is 0 Å². The summed E-state index contributed by atoms with van der Waals surface area (Å²) in [5, 5.41) is 5.49. The molecule has 88 valence electrons. The molecular weight excluding hydrogens is 232 g/mol. The van der Waals surface area contributed by atoms with Gasteiger partial charge in [0.15, 0.2) is 5.13 Å². The Hall–Kier alpha value is -1.68. The predicted octanol–water partition coefficient (Wildman–Crippen LogP) is 3.03. The average Bonchev–Trinajstić information content (AvgIpc) is 2.80. The van der Waals surface area contributed by atoms with Crippen LogP contribution in [0.25, 0.3) is 0 Å². The molecule has 0 radical (unpaired) electrons. The Labute approximate surface area is 105 Å². The van der Waals surface area contributed by atoms with Gasteiger partial charge in [0.25, 0.3) is 0 Å². The van der Waals surface area contributed by atoms with E-state index < -0.39 is 0 Å². The second-order valence-electron chi connectivity index (χ2n) is 3.94. The Kier molecular flexibility index (Phi) is 3.24. The largest absolute Gasteiger partial charge is 0.365 e. The Balaban J connectivity index is 2.39. The number of nitrogens with zero attached hydrogens (tertiary/aromatic N) is 1. The van der Waals surface area contributed by atoms with Gasteiger partial charge in [-0.2, -0.15) is 0 Å². The number of aryl methyl sites for hydroxylation is 2. The summed E-state index contributed by atoms with van der Waals surface area (Å²) in [6.45, 7) is 3.92. The molecule has 17 heavy (non-hydrogen) atoms. The highest BCUT2D eigenvalue weighted by Crippen LogP contribution is 2.20. The molecule has 0 saturated carbocycles. The van der Waals surface area contributed by atoms with Crippen molar-refractivity contribution in [1.29, 1.82) is 0 Å². The van der Waals surface area contributed by atoms with E-state index in [2.05, 4.69) is 10.3 Å². The summed E-state index contributed by atoms with van der Waals surface area (Å²) in [7, 11) is 1.80. The fraction of sp³-hybridized carbons (Fsp3) is 0.231. The summed E-state index contributed by atoms with van der Waals surface area (Å²) in [6, 6.07) is 5.89. The number of anilines is 1. The molecular formula is C13H14N2OS. The molecule has 1 N–H and O–H groups in total. The molecule has 0 aliphatic heterocycles. The highest BCUT2D eigenvalue weighted by molar-refractivity contribution is 7.13. The monoisotopic (exact) mass is 246 g/mol. The second-order valence-corrected chi connectivity index (χ2v) is 4.79. The lowest BCUT2D eigenvalue weighted by Gasteiger charge is -2.04. The maximum Gasteiger partial charge on any atom is 0.212 e. The van der Waals surface area contributed by atoms with Gasteiger partial charge in [0, 0.05) is 18.0 Å². The summed E-state index contributed by atoms with van der Waals surface area (Å²) in [5.41, 5.74) is 3.31. The molecule has 0 atom stereocenters. The van der Waals surface area contributed by atoms with Gasteiger partial charge in [-0.25, -0.2) is 4.98 Å². The van der Waals surface area contributed by atoms with Crippen molar-refractivity contribution in [3.8, 4) is 0 Å². The molecule has 0 spiro atoms. The van der Waals surface area contributed by atoms with Gasteiger partial charge in [0.05, 0.1) is 0 Å². The van der Waals surface area contributed by atoms with Crippen LogP contribution in [0.5, 0.6) is 0 Å². The fourth-order valence-corrected chi connectivity index (χ4v) is 2.26. The zero-order valence-corrected chi connectivity index (χ0v) is 10.9. The number of aromatic nitrogens is 1. The van der Waals surface area contributed by atoms with Crippen LogP contribution in [-0.4, -0.2) is 17.8 Å². The minimum atomic E-state index is -0.0102. The minimum absolute atomic E-state index is 0.0102. The molecule has 0 bridgehead atoms. The van der Waals surface area contributed by atoms with E-state index in [-0.39, 0.29) is 5.78 Å². The number of carbonyl (C=O) groups is 1. The number of ketones is 1. The molecule has 1 heterocycles. The van der Waals surface area contributed by atoms with Crippen molar-refractivity contribution in [1.82, 2.24) is 4.98 Å². The SMILES string of the molecule is CNc1nc(C(=O)c2cc(C)ccc2C)cs1. The Morgan fingerprint density at radius 2 is 2.12 bits per heavy atom. The van der Waals surface area contributed by atoms with E-state index in [4.69, 9.17) is 0 Å². The molecule has 3 nitrogen and oxygen atoms in total. The van der Waals surface area contributed by atoms with E-state index >= 15 is 0 Å². The van der Waals surface area contributed by atoms with E-state index in [9.17, 15) is 4.79 Å². The molecule has 0 amide bonds. The number of thiazole rings is 1. The maximum atomic E-state index is 12.3. The summed E-state index contributed by atoms with van der Waals surface area (Å²) >= 11 is 1.44. The highest BCUT2D eigenvalue weighted by atomic mass is 32.1. The average molecular weight is 246 g/mol. The first kappa shape index (κ1) is 11.8. The van der Waals surface area contributed by atoms with Crippen LogP contribution >= 0.6 is 11.3 Å². The molecule has 0 fully saturated rings. The van der Waals surface area contributed by atoms with Gasteiger partial charge in [0.2, 0.25) is 5.78 Å². The van der Waals surface area contributed by atoms with Crippen LogP contribution < -0.4 is 5.32 Å². The van der Waals surface area contributed by atoms with Crippen LogP contribution in [-0.2, 0) is 0 Å². The third-order valence-corrected chi connectivity index (χ3v) is 3.45. The number of carbonyl (C=O) groups excluding carboxylic acids is 1. The van der Waals surface area contributed by atoms with Crippen LogP contribution in [0.2, 0.25) is 0 Å². The molecule has 1 aromatic heterocycles. The van der Waals surface area contributed by atoms with Crippen LogP contribution in [0.15, 0.2) is 23.6 Å². The smallest absolute Gasteiger partial charge is 0.212 e. The van der Waals surface area contributed by atoms with Crippen molar-refractivity contribution in [3.05, 3.63) is 46.0 Å². The molecule has 0 unspecified atom stereocenters. The predicted molar refractivity (Wildman–Crippen MR) is 71.0 cm³/mol. The van der Waals surface area contributed by atoms with Crippen molar-refractivity contribution in [2.24, 2.45) is 0 Å². The lowest BCUT2D eigenvalue weighted by atomic mass is 10.0. The van der Waals surface area contributed by atoms with Crippen molar-refractivity contribution in [2.45, 2.75) is 13.8 Å². The quantitative estimate of drug-likeness (QED) is 0.846. The summed E-state index contributed by atoms with van der Waals surface area (Å²) in [5.74, 6) is -0.0102. The zero-order chi connectivity index (χ0) is 12.4. The topological polar surface area (TPSA) is 42.0 Å².